The van der Waals surface area contributed by atoms with E-state index in [1.165, 1.54) is 17.3 Å². The highest BCUT2D eigenvalue weighted by Crippen LogP contribution is 2.18. The second-order valence-electron chi connectivity index (χ2n) is 6.10. The summed E-state index contributed by atoms with van der Waals surface area (Å²) in [6, 6.07) is 13.6. The van der Waals surface area contributed by atoms with Crippen LogP contribution in [0.1, 0.15) is 16.7 Å². The number of nitrogens with one attached hydrogen (secondary N) is 1. The Kier molecular flexibility index (Phi) is 6.08. The maximum absolute atomic E-state index is 12.2. The van der Waals surface area contributed by atoms with E-state index in [4.69, 9.17) is 4.74 Å². The molecule has 7 nitrogen and oxygen atoms in total. The van der Waals surface area contributed by atoms with Crippen LogP contribution < -0.4 is 10.1 Å². The molecule has 0 fully saturated rings. The number of aromatic nitrogens is 4. The van der Waals surface area contributed by atoms with E-state index in [0.717, 1.165) is 22.6 Å². The zero-order chi connectivity index (χ0) is 19.2. The van der Waals surface area contributed by atoms with E-state index in [-0.39, 0.29) is 11.7 Å². The highest BCUT2D eigenvalue weighted by Gasteiger charge is 2.11. The Balaban J connectivity index is 1.57. The highest BCUT2D eigenvalue weighted by molar-refractivity contribution is 7.99. The van der Waals surface area contributed by atoms with Gasteiger partial charge in [-0.15, -0.1) is 5.10 Å². The Morgan fingerprint density at radius 3 is 2.63 bits per heavy atom. The molecular formula is C19H21N5O2S. The second-order valence-corrected chi connectivity index (χ2v) is 7.05. The maximum atomic E-state index is 12.2. The normalized spacial score (nSPS) is 10.6. The van der Waals surface area contributed by atoms with Crippen LogP contribution in [-0.2, 0) is 11.3 Å². The lowest BCUT2D eigenvalue weighted by molar-refractivity contribution is -0.113. The van der Waals surface area contributed by atoms with Crippen LogP contribution in [-0.4, -0.2) is 39.0 Å². The number of benzene rings is 2. The predicted octanol–water partition coefficient (Wildman–Crippen LogP) is 3.08. The summed E-state index contributed by atoms with van der Waals surface area (Å²) in [6.45, 7) is 4.59. The van der Waals surface area contributed by atoms with Crippen molar-refractivity contribution in [1.82, 2.24) is 20.2 Å². The molecule has 0 aliphatic carbocycles. The molecule has 0 spiro atoms. The number of tetrazole rings is 1. The average molecular weight is 383 g/mol. The summed E-state index contributed by atoms with van der Waals surface area (Å²) in [6.07, 6.45) is 0. The summed E-state index contributed by atoms with van der Waals surface area (Å²) >= 11 is 1.31. The van der Waals surface area contributed by atoms with Gasteiger partial charge in [-0.3, -0.25) is 4.79 Å². The maximum Gasteiger partial charge on any atom is 0.234 e. The lowest BCUT2D eigenvalue weighted by Gasteiger charge is -2.08. The van der Waals surface area contributed by atoms with Crippen molar-refractivity contribution >= 4 is 23.4 Å². The van der Waals surface area contributed by atoms with E-state index in [2.05, 4.69) is 20.8 Å². The molecular weight excluding hydrogens is 362 g/mol. The van der Waals surface area contributed by atoms with E-state index in [1.807, 2.05) is 56.3 Å². The van der Waals surface area contributed by atoms with Gasteiger partial charge in [-0.2, -0.15) is 0 Å². The molecule has 0 atom stereocenters. The Morgan fingerprint density at radius 2 is 1.93 bits per heavy atom. The Hall–Kier alpha value is -2.87. The van der Waals surface area contributed by atoms with Crippen molar-refractivity contribution in [2.45, 2.75) is 25.5 Å². The van der Waals surface area contributed by atoms with Gasteiger partial charge in [-0.25, -0.2) is 4.68 Å². The molecule has 1 amide bonds. The van der Waals surface area contributed by atoms with Crippen molar-refractivity contribution in [2.75, 3.05) is 18.2 Å². The van der Waals surface area contributed by atoms with Gasteiger partial charge in [0.2, 0.25) is 11.1 Å². The largest absolute Gasteiger partial charge is 0.497 e. The van der Waals surface area contributed by atoms with Crippen LogP contribution in [0, 0.1) is 13.8 Å². The zero-order valence-electron chi connectivity index (χ0n) is 15.5. The first-order chi connectivity index (χ1) is 13.0. The minimum Gasteiger partial charge on any atom is -0.497 e. The van der Waals surface area contributed by atoms with Crippen LogP contribution in [0.25, 0.3) is 0 Å². The fourth-order valence-corrected chi connectivity index (χ4v) is 3.13. The highest BCUT2D eigenvalue weighted by atomic mass is 32.2. The van der Waals surface area contributed by atoms with E-state index in [0.29, 0.717) is 11.7 Å². The molecule has 140 valence electrons. The van der Waals surface area contributed by atoms with Crippen LogP contribution >= 0.6 is 11.8 Å². The van der Waals surface area contributed by atoms with Crippen molar-refractivity contribution in [1.29, 1.82) is 0 Å². The molecule has 3 rings (SSSR count). The van der Waals surface area contributed by atoms with Crippen LogP contribution in [0.15, 0.2) is 47.6 Å². The molecule has 0 bridgehead atoms. The molecule has 2 aromatic carbocycles. The van der Waals surface area contributed by atoms with Crippen molar-refractivity contribution < 1.29 is 9.53 Å². The smallest absolute Gasteiger partial charge is 0.234 e. The van der Waals surface area contributed by atoms with Crippen molar-refractivity contribution in [3.8, 4) is 5.75 Å². The molecule has 0 unspecified atom stereocenters. The van der Waals surface area contributed by atoms with Gasteiger partial charge in [0.25, 0.3) is 0 Å². The fraction of sp³-hybridized carbons (Fsp3) is 0.263. The Bertz CT molecular complexity index is 924. The van der Waals surface area contributed by atoms with Gasteiger partial charge in [-0.05, 0) is 65.2 Å². The Labute approximate surface area is 162 Å². The Morgan fingerprint density at radius 1 is 1.15 bits per heavy atom. The first-order valence-corrected chi connectivity index (χ1v) is 9.42. The lowest BCUT2D eigenvalue weighted by atomic mass is 10.1. The molecule has 0 aliphatic rings. The van der Waals surface area contributed by atoms with Gasteiger partial charge in [0.05, 0.1) is 19.4 Å². The summed E-state index contributed by atoms with van der Waals surface area (Å²) in [4.78, 5) is 12.2. The number of carbonyl (C=O) groups is 1. The number of methoxy groups -OCH3 is 1. The molecule has 0 saturated heterocycles. The number of amides is 1. The summed E-state index contributed by atoms with van der Waals surface area (Å²) in [5.74, 6) is 0.936. The molecule has 8 heteroatoms. The fourth-order valence-electron chi connectivity index (χ4n) is 2.45. The minimum atomic E-state index is -0.0951. The molecule has 27 heavy (non-hydrogen) atoms. The molecule has 0 radical (unpaired) electrons. The number of aryl methyl sites for hydroxylation is 2. The number of rotatable bonds is 7. The number of hydrogen-bond donors (Lipinski definition) is 1. The SMILES string of the molecule is COc1ccc(Cn2nnnc2SCC(=O)Nc2ccc(C)c(C)c2)cc1. The number of thioether (sulfide) groups is 1. The summed E-state index contributed by atoms with van der Waals surface area (Å²) in [5.41, 5.74) is 4.18. The monoisotopic (exact) mass is 383 g/mol. The molecule has 1 heterocycles. The van der Waals surface area contributed by atoms with E-state index in [1.54, 1.807) is 11.8 Å². The molecule has 0 aliphatic heterocycles. The van der Waals surface area contributed by atoms with Gasteiger partial charge in [-0.1, -0.05) is 30.0 Å². The van der Waals surface area contributed by atoms with E-state index in [9.17, 15) is 4.79 Å². The quantitative estimate of drug-likeness (QED) is 0.632. The van der Waals surface area contributed by atoms with Gasteiger partial charge < -0.3 is 10.1 Å². The standard InChI is InChI=1S/C19H21N5O2S/c1-13-4-7-16(10-14(13)2)20-18(25)12-27-19-21-22-23-24(19)11-15-5-8-17(26-3)9-6-15/h4-10H,11-12H2,1-3H3,(H,20,25). The van der Waals surface area contributed by atoms with Crippen LogP contribution in [0.5, 0.6) is 5.75 Å². The topological polar surface area (TPSA) is 81.9 Å². The summed E-state index contributed by atoms with van der Waals surface area (Å²) < 4.78 is 6.84. The van der Waals surface area contributed by atoms with Crippen LogP contribution in [0.2, 0.25) is 0 Å². The van der Waals surface area contributed by atoms with Crippen molar-refractivity contribution in [3.05, 3.63) is 59.2 Å². The molecule has 3 aromatic rings. The van der Waals surface area contributed by atoms with Gasteiger partial charge in [0, 0.05) is 5.69 Å². The third kappa shape index (κ3) is 5.07. The molecule has 1 aromatic heterocycles. The third-order valence-corrected chi connectivity index (χ3v) is 5.07. The number of nitrogens with zero attached hydrogens (tertiary/aromatic N) is 4. The number of anilines is 1. The van der Waals surface area contributed by atoms with Crippen LogP contribution in [0.3, 0.4) is 0 Å². The predicted molar refractivity (Wildman–Crippen MR) is 105 cm³/mol. The molecule has 1 N–H and O–H groups in total. The van der Waals surface area contributed by atoms with Crippen molar-refractivity contribution in [3.63, 3.8) is 0 Å². The summed E-state index contributed by atoms with van der Waals surface area (Å²) in [5, 5.41) is 15.2. The third-order valence-electron chi connectivity index (χ3n) is 4.11. The van der Waals surface area contributed by atoms with Crippen molar-refractivity contribution in [2.24, 2.45) is 0 Å². The van der Waals surface area contributed by atoms with Gasteiger partial charge >= 0.3 is 0 Å². The van der Waals surface area contributed by atoms with E-state index < -0.39 is 0 Å². The lowest BCUT2D eigenvalue weighted by Crippen LogP contribution is -2.15. The number of ether oxygens (including phenoxy) is 1. The number of carbonyl (C=O) groups excluding carboxylic acids is 1. The first-order valence-electron chi connectivity index (χ1n) is 8.44. The number of hydrogen-bond acceptors (Lipinski definition) is 6. The van der Waals surface area contributed by atoms with Gasteiger partial charge in [0.15, 0.2) is 0 Å². The van der Waals surface area contributed by atoms with Gasteiger partial charge in [0.1, 0.15) is 5.75 Å². The minimum absolute atomic E-state index is 0.0951. The van der Waals surface area contributed by atoms with Crippen LogP contribution in [0.4, 0.5) is 5.69 Å². The summed E-state index contributed by atoms with van der Waals surface area (Å²) in [7, 11) is 1.63. The average Bonchev–Trinajstić information content (AvgIpc) is 3.11. The zero-order valence-corrected chi connectivity index (χ0v) is 16.3. The first kappa shape index (κ1) is 18.9. The second kappa shape index (κ2) is 8.68. The molecule has 0 saturated carbocycles. The van der Waals surface area contributed by atoms with E-state index >= 15 is 0 Å².